The molecule has 4 atom stereocenters. The molecular weight excluding hydrogens is 278 g/mol. The maximum Gasteiger partial charge on any atom is 0.303 e. The zero-order valence-electron chi connectivity index (χ0n) is 13.8. The summed E-state index contributed by atoms with van der Waals surface area (Å²) in [5.41, 5.74) is 1.26. The minimum atomic E-state index is -0.781. The summed E-state index contributed by atoms with van der Waals surface area (Å²) in [6.07, 6.45) is 1.97. The highest BCUT2D eigenvalue weighted by Gasteiger charge is 2.21. The maximum absolute atomic E-state index is 10.6. The molecule has 0 aromatic heterocycles. The summed E-state index contributed by atoms with van der Waals surface area (Å²) in [6, 6.07) is 10.3. The van der Waals surface area contributed by atoms with E-state index in [4.69, 9.17) is 5.11 Å². The minimum Gasteiger partial charge on any atom is -0.481 e. The number of hydrogen-bond acceptors (Lipinski definition) is 3. The van der Waals surface area contributed by atoms with Crippen molar-refractivity contribution in [3.63, 3.8) is 0 Å². The summed E-state index contributed by atoms with van der Waals surface area (Å²) >= 11 is 0. The molecule has 4 heteroatoms. The van der Waals surface area contributed by atoms with E-state index < -0.39 is 12.1 Å². The van der Waals surface area contributed by atoms with Crippen LogP contribution in [0.2, 0.25) is 0 Å². The highest BCUT2D eigenvalue weighted by Crippen LogP contribution is 2.25. The van der Waals surface area contributed by atoms with Crippen LogP contribution in [0.4, 0.5) is 0 Å². The van der Waals surface area contributed by atoms with Gasteiger partial charge in [-0.2, -0.15) is 0 Å². The van der Waals surface area contributed by atoms with Gasteiger partial charge in [0.15, 0.2) is 0 Å². The zero-order chi connectivity index (χ0) is 16.5. The van der Waals surface area contributed by atoms with Crippen molar-refractivity contribution in [1.29, 1.82) is 0 Å². The van der Waals surface area contributed by atoms with Gasteiger partial charge in [-0.05, 0) is 44.6 Å². The fourth-order valence-electron chi connectivity index (χ4n) is 2.74. The van der Waals surface area contributed by atoms with Crippen molar-refractivity contribution >= 4 is 5.97 Å². The van der Waals surface area contributed by atoms with Crippen molar-refractivity contribution in [2.75, 3.05) is 0 Å². The third-order valence-corrected chi connectivity index (χ3v) is 4.21. The molecule has 4 nitrogen and oxygen atoms in total. The van der Waals surface area contributed by atoms with E-state index >= 15 is 0 Å². The van der Waals surface area contributed by atoms with Gasteiger partial charge in [-0.25, -0.2) is 0 Å². The second-order valence-electron chi connectivity index (χ2n) is 6.11. The molecule has 3 N–H and O–H groups in total. The van der Waals surface area contributed by atoms with E-state index in [1.165, 1.54) is 5.56 Å². The molecule has 0 saturated carbocycles. The average Bonchev–Trinajstić information content (AvgIpc) is 2.51. The Bertz CT molecular complexity index is 435. The lowest BCUT2D eigenvalue weighted by Gasteiger charge is -2.27. The Kier molecular flexibility index (Phi) is 8.13. The molecule has 1 aromatic carbocycles. The van der Waals surface area contributed by atoms with Gasteiger partial charge < -0.3 is 15.5 Å². The molecule has 124 valence electrons. The highest BCUT2D eigenvalue weighted by molar-refractivity contribution is 5.66. The van der Waals surface area contributed by atoms with Crippen molar-refractivity contribution in [3.05, 3.63) is 35.9 Å². The van der Waals surface area contributed by atoms with Gasteiger partial charge in [-0.3, -0.25) is 4.79 Å². The van der Waals surface area contributed by atoms with E-state index in [0.717, 1.165) is 6.42 Å². The quantitative estimate of drug-likeness (QED) is 0.621. The number of carboxylic acids is 1. The average molecular weight is 307 g/mol. The molecule has 0 spiro atoms. The first kappa shape index (κ1) is 18.7. The van der Waals surface area contributed by atoms with E-state index in [0.29, 0.717) is 18.8 Å². The second kappa shape index (κ2) is 9.59. The molecule has 0 saturated heterocycles. The number of carboxylic acid groups (broad SMARTS) is 1. The number of rotatable bonds is 10. The van der Waals surface area contributed by atoms with Crippen molar-refractivity contribution in [2.45, 2.75) is 70.6 Å². The molecule has 0 aliphatic rings. The van der Waals surface area contributed by atoms with E-state index in [1.807, 2.05) is 32.0 Å². The van der Waals surface area contributed by atoms with Crippen LogP contribution < -0.4 is 5.32 Å². The molecule has 4 unspecified atom stereocenters. The summed E-state index contributed by atoms with van der Waals surface area (Å²) in [7, 11) is 0. The Morgan fingerprint density at radius 1 is 1.23 bits per heavy atom. The third-order valence-electron chi connectivity index (χ3n) is 4.21. The summed E-state index contributed by atoms with van der Waals surface area (Å²) in [6.45, 7) is 6.05. The number of carbonyl (C=O) groups is 1. The Morgan fingerprint density at radius 3 is 2.41 bits per heavy atom. The third kappa shape index (κ3) is 6.58. The molecule has 0 fully saturated rings. The van der Waals surface area contributed by atoms with Gasteiger partial charge in [0.2, 0.25) is 0 Å². The SMILES string of the molecule is CCC(CC(O)C(C)NC(C)CCC(=O)O)c1ccccc1. The van der Waals surface area contributed by atoms with Crippen LogP contribution in [0, 0.1) is 0 Å². The van der Waals surface area contributed by atoms with Crippen LogP contribution in [0.5, 0.6) is 0 Å². The predicted octanol–water partition coefficient (Wildman–Crippen LogP) is 3.16. The summed E-state index contributed by atoms with van der Waals surface area (Å²) in [4.78, 5) is 10.6. The van der Waals surface area contributed by atoms with E-state index in [2.05, 4.69) is 24.4 Å². The van der Waals surface area contributed by atoms with Crippen molar-refractivity contribution < 1.29 is 15.0 Å². The predicted molar refractivity (Wildman–Crippen MR) is 89.0 cm³/mol. The van der Waals surface area contributed by atoms with Gasteiger partial charge in [0.25, 0.3) is 0 Å². The van der Waals surface area contributed by atoms with Gasteiger partial charge in [-0.1, -0.05) is 37.3 Å². The molecule has 0 aliphatic heterocycles. The Balaban J connectivity index is 2.48. The molecule has 0 aliphatic carbocycles. The minimum absolute atomic E-state index is 0.0541. The van der Waals surface area contributed by atoms with Crippen LogP contribution in [-0.2, 0) is 4.79 Å². The topological polar surface area (TPSA) is 69.6 Å². The number of aliphatic carboxylic acids is 1. The van der Waals surface area contributed by atoms with Crippen molar-refractivity contribution in [3.8, 4) is 0 Å². The van der Waals surface area contributed by atoms with Crippen LogP contribution in [-0.4, -0.2) is 34.4 Å². The van der Waals surface area contributed by atoms with Crippen LogP contribution in [0.25, 0.3) is 0 Å². The Morgan fingerprint density at radius 2 is 1.86 bits per heavy atom. The lowest BCUT2D eigenvalue weighted by Crippen LogP contribution is -2.43. The number of nitrogens with one attached hydrogen (secondary N) is 1. The molecule has 0 amide bonds. The van der Waals surface area contributed by atoms with E-state index in [9.17, 15) is 9.90 Å². The van der Waals surface area contributed by atoms with Gasteiger partial charge in [-0.15, -0.1) is 0 Å². The fraction of sp³-hybridized carbons (Fsp3) is 0.611. The number of hydrogen-bond donors (Lipinski definition) is 3. The standard InChI is InChI=1S/C18H29NO3/c1-4-15(16-8-6-5-7-9-16)12-17(20)14(3)19-13(2)10-11-18(21)22/h5-9,13-15,17,19-20H,4,10-12H2,1-3H3,(H,21,22). The van der Waals surface area contributed by atoms with Gasteiger partial charge in [0.1, 0.15) is 0 Å². The lowest BCUT2D eigenvalue weighted by atomic mass is 9.89. The van der Waals surface area contributed by atoms with Crippen LogP contribution in [0.3, 0.4) is 0 Å². The van der Waals surface area contributed by atoms with Crippen molar-refractivity contribution in [2.24, 2.45) is 0 Å². The zero-order valence-corrected chi connectivity index (χ0v) is 13.8. The first-order chi connectivity index (χ1) is 10.4. The monoisotopic (exact) mass is 307 g/mol. The summed E-state index contributed by atoms with van der Waals surface area (Å²) in [5.74, 6) is -0.438. The largest absolute Gasteiger partial charge is 0.481 e. The second-order valence-corrected chi connectivity index (χ2v) is 6.11. The molecule has 22 heavy (non-hydrogen) atoms. The van der Waals surface area contributed by atoms with E-state index in [-0.39, 0.29) is 18.5 Å². The number of aliphatic hydroxyl groups excluding tert-OH is 1. The van der Waals surface area contributed by atoms with Gasteiger partial charge >= 0.3 is 5.97 Å². The van der Waals surface area contributed by atoms with Crippen LogP contribution in [0.15, 0.2) is 30.3 Å². The normalized spacial score (nSPS) is 16.7. The molecule has 1 aromatic rings. The van der Waals surface area contributed by atoms with Crippen molar-refractivity contribution in [1.82, 2.24) is 5.32 Å². The van der Waals surface area contributed by atoms with Gasteiger partial charge in [0, 0.05) is 18.5 Å². The maximum atomic E-state index is 10.6. The Hall–Kier alpha value is -1.39. The Labute approximate surface area is 133 Å². The molecule has 0 radical (unpaired) electrons. The first-order valence-electron chi connectivity index (χ1n) is 8.14. The van der Waals surface area contributed by atoms with Gasteiger partial charge in [0.05, 0.1) is 6.10 Å². The molecule has 0 heterocycles. The lowest BCUT2D eigenvalue weighted by molar-refractivity contribution is -0.137. The first-order valence-corrected chi connectivity index (χ1v) is 8.14. The molecule has 1 rings (SSSR count). The number of benzene rings is 1. The fourth-order valence-corrected chi connectivity index (χ4v) is 2.74. The molecular formula is C18H29NO3. The smallest absolute Gasteiger partial charge is 0.303 e. The number of aliphatic hydroxyl groups is 1. The van der Waals surface area contributed by atoms with Crippen LogP contribution >= 0.6 is 0 Å². The summed E-state index contributed by atoms with van der Waals surface area (Å²) in [5, 5.41) is 22.4. The molecule has 0 bridgehead atoms. The summed E-state index contributed by atoms with van der Waals surface area (Å²) < 4.78 is 0. The highest BCUT2D eigenvalue weighted by atomic mass is 16.4. The van der Waals surface area contributed by atoms with E-state index in [1.54, 1.807) is 0 Å². The van der Waals surface area contributed by atoms with Crippen LogP contribution in [0.1, 0.15) is 57.9 Å².